The molecule has 0 fully saturated rings. The quantitative estimate of drug-likeness (QED) is 0.274. The number of rotatable bonds is 4. The van der Waals surface area contributed by atoms with Gasteiger partial charge in [-0.05, 0) is 50.2 Å². The summed E-state index contributed by atoms with van der Waals surface area (Å²) >= 11 is 0. The van der Waals surface area contributed by atoms with Gasteiger partial charge in [-0.1, -0.05) is 18.2 Å². The molecule has 3 rings (SSSR count). The van der Waals surface area contributed by atoms with Gasteiger partial charge in [-0.15, -0.1) is 0 Å². The first kappa shape index (κ1) is 28.7. The Hall–Kier alpha value is -2.25. The minimum Gasteiger partial charge on any atom is -1.00 e. The van der Waals surface area contributed by atoms with Crippen LogP contribution in [0.1, 0.15) is 25.2 Å². The molecule has 0 atom stereocenters. The molecule has 0 N–H and O–H groups in total. The number of hydrogen-bond donors (Lipinski definition) is 0. The second kappa shape index (κ2) is 12.6. The average molecular weight is 512 g/mol. The standard InChI is InChI=1S/C21H15F4N3.2ClH.Fe/c1-12(26-20-14(22)6-3-7-15(20)23)18-10-5-11-19(28-18)13(2)27-21-16(24)8-4-9-17(21)25;;;/h3-11H,1-2H3;2*1H;/q;;;+2/p-2. The van der Waals surface area contributed by atoms with Crippen LogP contribution in [0.2, 0.25) is 0 Å². The van der Waals surface area contributed by atoms with Crippen molar-refractivity contribution in [3.63, 3.8) is 0 Å². The van der Waals surface area contributed by atoms with Crippen LogP contribution in [0.4, 0.5) is 28.9 Å². The van der Waals surface area contributed by atoms with Gasteiger partial charge in [0, 0.05) is 0 Å². The van der Waals surface area contributed by atoms with Gasteiger partial charge in [-0.25, -0.2) is 32.5 Å². The Bertz CT molecular complexity index is 984. The van der Waals surface area contributed by atoms with Crippen LogP contribution in [0.25, 0.3) is 0 Å². The normalized spacial score (nSPS) is 11.2. The fourth-order valence-corrected chi connectivity index (χ4v) is 2.48. The molecule has 1 heterocycles. The monoisotopic (exact) mass is 511 g/mol. The van der Waals surface area contributed by atoms with Crippen LogP contribution in [0, 0.1) is 23.3 Å². The molecule has 0 saturated carbocycles. The van der Waals surface area contributed by atoms with Gasteiger partial charge in [-0.2, -0.15) is 0 Å². The van der Waals surface area contributed by atoms with Crippen molar-refractivity contribution in [1.82, 2.24) is 4.98 Å². The van der Waals surface area contributed by atoms with Gasteiger partial charge in [-0.3, -0.25) is 0 Å². The number of aliphatic imine (C=N–C) groups is 2. The molecule has 0 aliphatic rings. The molecule has 0 spiro atoms. The Morgan fingerprint density at radius 1 is 0.613 bits per heavy atom. The number of pyridine rings is 1. The maximum absolute atomic E-state index is 13.8. The van der Waals surface area contributed by atoms with Crippen molar-refractivity contribution in [3.8, 4) is 0 Å². The summed E-state index contributed by atoms with van der Waals surface area (Å²) in [5.41, 5.74) is 0.427. The van der Waals surface area contributed by atoms with Crippen molar-refractivity contribution in [2.24, 2.45) is 9.98 Å². The third kappa shape index (κ3) is 6.87. The molecule has 0 aliphatic heterocycles. The van der Waals surface area contributed by atoms with Gasteiger partial charge in [0.25, 0.3) is 0 Å². The van der Waals surface area contributed by atoms with Crippen LogP contribution in [-0.4, -0.2) is 16.4 Å². The van der Waals surface area contributed by atoms with Crippen LogP contribution in [0.5, 0.6) is 0 Å². The molecule has 164 valence electrons. The maximum atomic E-state index is 13.8. The molecule has 0 radical (unpaired) electrons. The minimum absolute atomic E-state index is 0. The summed E-state index contributed by atoms with van der Waals surface area (Å²) < 4.78 is 55.2. The second-order valence-corrected chi connectivity index (χ2v) is 5.94. The molecule has 3 nitrogen and oxygen atoms in total. The predicted molar refractivity (Wildman–Crippen MR) is 101 cm³/mol. The molecule has 0 amide bonds. The Morgan fingerprint density at radius 2 is 0.903 bits per heavy atom. The molecule has 2 aromatic carbocycles. The van der Waals surface area contributed by atoms with E-state index < -0.39 is 34.6 Å². The molecule has 31 heavy (non-hydrogen) atoms. The SMILES string of the molecule is CC(=Nc1c(F)cccc1F)c1cccc(C(C)=Nc2c(F)cccc2F)n1.[Cl-].[Cl-].[Fe+2]. The molecule has 0 saturated heterocycles. The molecular formula is C21H15Cl2F4FeN3. The van der Waals surface area contributed by atoms with Gasteiger partial charge in [0.2, 0.25) is 0 Å². The summed E-state index contributed by atoms with van der Waals surface area (Å²) in [5, 5.41) is 0. The van der Waals surface area contributed by atoms with E-state index in [1.807, 2.05) is 0 Å². The smallest absolute Gasteiger partial charge is 1.00 e. The van der Waals surface area contributed by atoms with E-state index in [9.17, 15) is 17.6 Å². The number of halogens is 6. The fraction of sp³-hybridized carbons (Fsp3) is 0.0952. The van der Waals surface area contributed by atoms with E-state index in [0.717, 1.165) is 24.3 Å². The Balaban J connectivity index is 0.00000300. The largest absolute Gasteiger partial charge is 2.00 e. The summed E-state index contributed by atoms with van der Waals surface area (Å²) in [6.45, 7) is 3.11. The molecule has 1 aromatic heterocycles. The van der Waals surface area contributed by atoms with E-state index in [1.54, 1.807) is 32.0 Å². The molecular weight excluding hydrogens is 497 g/mol. The molecule has 0 unspecified atom stereocenters. The third-order valence-electron chi connectivity index (χ3n) is 3.92. The van der Waals surface area contributed by atoms with Crippen LogP contribution in [0.3, 0.4) is 0 Å². The van der Waals surface area contributed by atoms with Crippen molar-refractivity contribution >= 4 is 22.8 Å². The number of nitrogens with zero attached hydrogens (tertiary/aromatic N) is 3. The zero-order valence-corrected chi connectivity index (χ0v) is 18.8. The van der Waals surface area contributed by atoms with Crippen molar-refractivity contribution in [1.29, 1.82) is 0 Å². The topological polar surface area (TPSA) is 37.6 Å². The van der Waals surface area contributed by atoms with Gasteiger partial charge >= 0.3 is 17.1 Å². The average Bonchev–Trinajstić information content (AvgIpc) is 2.67. The van der Waals surface area contributed by atoms with E-state index in [4.69, 9.17) is 0 Å². The Morgan fingerprint density at radius 3 is 1.23 bits per heavy atom. The molecule has 10 heteroatoms. The second-order valence-electron chi connectivity index (χ2n) is 5.94. The number of para-hydroxylation sites is 2. The van der Waals surface area contributed by atoms with Gasteiger partial charge < -0.3 is 24.8 Å². The first-order chi connectivity index (χ1) is 13.4. The first-order valence-electron chi connectivity index (χ1n) is 8.33. The van der Waals surface area contributed by atoms with E-state index >= 15 is 0 Å². The van der Waals surface area contributed by atoms with Crippen LogP contribution in [-0.2, 0) is 17.1 Å². The number of aromatic nitrogens is 1. The molecule has 0 aliphatic carbocycles. The summed E-state index contributed by atoms with van der Waals surface area (Å²) in [7, 11) is 0. The van der Waals surface area contributed by atoms with Gasteiger partial charge in [0.05, 0.1) is 22.8 Å². The van der Waals surface area contributed by atoms with Gasteiger partial charge in [0.1, 0.15) is 11.4 Å². The predicted octanol–water partition coefficient (Wildman–Crippen LogP) is -0.0751. The van der Waals surface area contributed by atoms with Crippen LogP contribution in [0.15, 0.2) is 64.6 Å². The summed E-state index contributed by atoms with van der Waals surface area (Å²) in [6.07, 6.45) is 0. The third-order valence-corrected chi connectivity index (χ3v) is 3.92. The Kier molecular flexibility index (Phi) is 11.7. The summed E-state index contributed by atoms with van der Waals surface area (Å²) in [5.74, 6) is -3.15. The maximum Gasteiger partial charge on any atom is 2.00 e. The van der Waals surface area contributed by atoms with Crippen molar-refractivity contribution in [2.75, 3.05) is 0 Å². The van der Waals surface area contributed by atoms with Crippen LogP contribution >= 0.6 is 0 Å². The zero-order valence-electron chi connectivity index (χ0n) is 16.2. The summed E-state index contributed by atoms with van der Waals surface area (Å²) in [6, 6.07) is 11.8. The van der Waals surface area contributed by atoms with Gasteiger partial charge in [0.15, 0.2) is 23.3 Å². The fourth-order valence-electron chi connectivity index (χ4n) is 2.48. The first-order valence-corrected chi connectivity index (χ1v) is 8.33. The molecule has 0 bridgehead atoms. The van der Waals surface area contributed by atoms with E-state index in [1.165, 1.54) is 12.1 Å². The summed E-state index contributed by atoms with van der Waals surface area (Å²) in [4.78, 5) is 12.3. The van der Waals surface area contributed by atoms with E-state index in [2.05, 4.69) is 15.0 Å². The van der Waals surface area contributed by atoms with E-state index in [-0.39, 0.29) is 53.3 Å². The zero-order chi connectivity index (χ0) is 20.3. The van der Waals surface area contributed by atoms with Crippen molar-refractivity contribution in [3.05, 3.63) is 89.3 Å². The van der Waals surface area contributed by atoms with Crippen LogP contribution < -0.4 is 24.8 Å². The van der Waals surface area contributed by atoms with E-state index in [0.29, 0.717) is 11.4 Å². The van der Waals surface area contributed by atoms with Crippen molar-refractivity contribution in [2.45, 2.75) is 13.8 Å². The number of hydrogen-bond acceptors (Lipinski definition) is 3. The number of benzene rings is 2. The molecule has 3 aromatic rings. The Labute approximate surface area is 200 Å². The van der Waals surface area contributed by atoms with Crippen molar-refractivity contribution < 1.29 is 59.4 Å². The minimum atomic E-state index is -0.789.